The van der Waals surface area contributed by atoms with Gasteiger partial charge in [0.1, 0.15) is 0 Å². The molecule has 1 amide bonds. The molecule has 0 fully saturated rings. The summed E-state index contributed by atoms with van der Waals surface area (Å²) in [5.74, 6) is -0.0639. The van der Waals surface area contributed by atoms with Gasteiger partial charge in [-0.1, -0.05) is 274 Å². The van der Waals surface area contributed by atoms with E-state index < -0.39 is 12.1 Å². The predicted octanol–water partition coefficient (Wildman–Crippen LogP) is 17.6. The smallest absolute Gasteiger partial charge is 0.220 e. The van der Waals surface area contributed by atoms with Crippen LogP contribution in [0.5, 0.6) is 0 Å². The van der Waals surface area contributed by atoms with Crippen molar-refractivity contribution in [3.05, 3.63) is 60.8 Å². The summed E-state index contributed by atoms with van der Waals surface area (Å²) < 4.78 is 0. The van der Waals surface area contributed by atoms with E-state index in [1.807, 2.05) is 6.08 Å². The van der Waals surface area contributed by atoms with Gasteiger partial charge in [0.15, 0.2) is 0 Å². The summed E-state index contributed by atoms with van der Waals surface area (Å²) in [5, 5.41) is 22.9. The van der Waals surface area contributed by atoms with E-state index in [4.69, 9.17) is 0 Å². The maximum absolute atomic E-state index is 12.4. The van der Waals surface area contributed by atoms with Gasteiger partial charge in [-0.2, -0.15) is 0 Å². The van der Waals surface area contributed by atoms with Crippen molar-refractivity contribution in [3.8, 4) is 0 Å². The average Bonchev–Trinajstić information content (AvgIpc) is 3.26. The molecule has 2 atom stereocenters. The molecule has 4 nitrogen and oxygen atoms in total. The van der Waals surface area contributed by atoms with E-state index in [0.717, 1.165) is 51.4 Å². The highest BCUT2D eigenvalue weighted by atomic mass is 16.3. The Balaban J connectivity index is 3.33. The lowest BCUT2D eigenvalue weighted by Gasteiger charge is -2.20. The van der Waals surface area contributed by atoms with Crippen LogP contribution in [0.3, 0.4) is 0 Å². The van der Waals surface area contributed by atoms with Crippen molar-refractivity contribution in [1.82, 2.24) is 5.32 Å². The number of hydrogen-bond donors (Lipinski definition) is 3. The summed E-state index contributed by atoms with van der Waals surface area (Å²) in [7, 11) is 0. The van der Waals surface area contributed by atoms with Crippen molar-refractivity contribution < 1.29 is 15.0 Å². The lowest BCUT2D eigenvalue weighted by Crippen LogP contribution is -2.45. The van der Waals surface area contributed by atoms with Crippen LogP contribution in [-0.2, 0) is 4.79 Å². The number of rotatable bonds is 49. The van der Waals surface area contributed by atoms with Crippen LogP contribution < -0.4 is 5.32 Å². The van der Waals surface area contributed by atoms with Gasteiger partial charge in [0, 0.05) is 6.42 Å². The largest absolute Gasteiger partial charge is 0.394 e. The molecule has 4 heteroatoms. The van der Waals surface area contributed by atoms with Crippen LogP contribution in [0.1, 0.15) is 277 Å². The molecule has 356 valence electrons. The molecular formula is C57H105NO3. The maximum Gasteiger partial charge on any atom is 0.220 e. The van der Waals surface area contributed by atoms with E-state index in [-0.39, 0.29) is 12.5 Å². The van der Waals surface area contributed by atoms with E-state index in [1.54, 1.807) is 6.08 Å². The SMILES string of the molecule is CC/C=C\C/C=C\C/C=C\C/C=C\CCCCCCCCCCCCCCCCCCCCCCCCCCCCCCC(=O)NC(CO)C(O)/C=C/CCCCCCCC. The van der Waals surface area contributed by atoms with Crippen molar-refractivity contribution in [1.29, 1.82) is 0 Å². The van der Waals surface area contributed by atoms with Gasteiger partial charge in [-0.15, -0.1) is 0 Å². The summed E-state index contributed by atoms with van der Waals surface area (Å²) in [6.45, 7) is 4.16. The van der Waals surface area contributed by atoms with E-state index >= 15 is 0 Å². The molecular weight excluding hydrogens is 747 g/mol. The van der Waals surface area contributed by atoms with Gasteiger partial charge in [-0.3, -0.25) is 4.79 Å². The van der Waals surface area contributed by atoms with E-state index in [9.17, 15) is 15.0 Å². The Kier molecular flexibility index (Phi) is 50.8. The fraction of sp³-hybridized carbons (Fsp3) is 0.807. The third kappa shape index (κ3) is 49.0. The van der Waals surface area contributed by atoms with Gasteiger partial charge in [-0.05, 0) is 57.8 Å². The molecule has 0 spiro atoms. The fourth-order valence-corrected chi connectivity index (χ4v) is 8.17. The highest BCUT2D eigenvalue weighted by molar-refractivity contribution is 5.76. The summed E-state index contributed by atoms with van der Waals surface area (Å²) >= 11 is 0. The van der Waals surface area contributed by atoms with Gasteiger partial charge in [-0.25, -0.2) is 0 Å². The Morgan fingerprint density at radius 3 is 1.08 bits per heavy atom. The molecule has 0 aromatic carbocycles. The van der Waals surface area contributed by atoms with Crippen molar-refractivity contribution in [2.24, 2.45) is 0 Å². The molecule has 3 N–H and O–H groups in total. The maximum atomic E-state index is 12.4. The molecule has 0 aromatic heterocycles. The number of aliphatic hydroxyl groups is 2. The number of hydrogen-bond acceptors (Lipinski definition) is 3. The molecule has 0 saturated carbocycles. The second kappa shape index (κ2) is 52.4. The summed E-state index contributed by atoms with van der Waals surface area (Å²) in [6.07, 6.45) is 74.1. The Hall–Kier alpha value is -1.91. The van der Waals surface area contributed by atoms with Crippen LogP contribution >= 0.6 is 0 Å². The third-order valence-electron chi connectivity index (χ3n) is 12.3. The number of aliphatic hydroxyl groups excluding tert-OH is 2. The van der Waals surface area contributed by atoms with Gasteiger partial charge < -0.3 is 15.5 Å². The van der Waals surface area contributed by atoms with Gasteiger partial charge in [0.2, 0.25) is 5.91 Å². The molecule has 0 heterocycles. The first kappa shape index (κ1) is 59.1. The average molecular weight is 852 g/mol. The lowest BCUT2D eigenvalue weighted by molar-refractivity contribution is -0.123. The molecule has 0 aliphatic carbocycles. The molecule has 0 bridgehead atoms. The fourth-order valence-electron chi connectivity index (χ4n) is 8.17. The number of allylic oxidation sites excluding steroid dienone is 9. The summed E-state index contributed by atoms with van der Waals surface area (Å²) in [6, 6.07) is -0.618. The Morgan fingerprint density at radius 1 is 0.410 bits per heavy atom. The van der Waals surface area contributed by atoms with Crippen LogP contribution in [0.25, 0.3) is 0 Å². The third-order valence-corrected chi connectivity index (χ3v) is 12.3. The number of carbonyl (C=O) groups excluding carboxylic acids is 1. The molecule has 2 unspecified atom stereocenters. The highest BCUT2D eigenvalue weighted by Crippen LogP contribution is 2.17. The number of unbranched alkanes of at least 4 members (excludes halogenated alkanes) is 34. The normalized spacial score (nSPS) is 13.3. The van der Waals surface area contributed by atoms with Crippen LogP contribution in [0.4, 0.5) is 0 Å². The molecule has 0 aliphatic rings. The van der Waals surface area contributed by atoms with Gasteiger partial charge in [0.25, 0.3) is 0 Å². The van der Waals surface area contributed by atoms with E-state index in [0.29, 0.717) is 6.42 Å². The lowest BCUT2D eigenvalue weighted by atomic mass is 10.0. The monoisotopic (exact) mass is 852 g/mol. The summed E-state index contributed by atoms with van der Waals surface area (Å²) in [4.78, 5) is 12.4. The zero-order valence-corrected chi connectivity index (χ0v) is 40.9. The Bertz CT molecular complexity index is 1010. The standard InChI is InChI=1S/C57H105NO3/c1-3-5-7-9-11-13-14-15-16-17-18-19-20-21-22-23-24-25-26-27-28-29-30-31-32-33-34-35-36-37-38-39-40-41-42-43-44-45-47-49-51-53-57(61)58-55(54-59)56(60)52-50-48-46-12-10-8-6-4-2/h5,7,11,13,15-16,18-19,50,52,55-56,59-60H,3-4,6,8-10,12,14,17,20-49,51,53-54H2,1-2H3,(H,58,61)/b7-5-,13-11-,16-15-,19-18-,52-50+. The second-order valence-corrected chi connectivity index (χ2v) is 18.3. The van der Waals surface area contributed by atoms with Crippen LogP contribution in [0, 0.1) is 0 Å². The number of carbonyl (C=O) groups is 1. The first-order valence-corrected chi connectivity index (χ1v) is 27.0. The number of nitrogens with one attached hydrogen (secondary N) is 1. The first-order valence-electron chi connectivity index (χ1n) is 27.0. The van der Waals surface area contributed by atoms with E-state index in [2.05, 4.69) is 67.8 Å². The Morgan fingerprint density at radius 2 is 0.721 bits per heavy atom. The topological polar surface area (TPSA) is 69.6 Å². The van der Waals surface area contributed by atoms with Crippen LogP contribution in [0.15, 0.2) is 60.8 Å². The summed E-state index contributed by atoms with van der Waals surface area (Å²) in [5.41, 5.74) is 0. The van der Waals surface area contributed by atoms with Crippen molar-refractivity contribution in [2.45, 2.75) is 289 Å². The second-order valence-electron chi connectivity index (χ2n) is 18.3. The Labute approximate surface area is 381 Å². The van der Waals surface area contributed by atoms with Crippen molar-refractivity contribution in [3.63, 3.8) is 0 Å². The zero-order chi connectivity index (χ0) is 44.2. The molecule has 61 heavy (non-hydrogen) atoms. The van der Waals surface area contributed by atoms with Gasteiger partial charge in [0.05, 0.1) is 18.8 Å². The first-order chi connectivity index (χ1) is 30.2. The minimum absolute atomic E-state index is 0.0639. The van der Waals surface area contributed by atoms with Crippen molar-refractivity contribution >= 4 is 5.91 Å². The quantitative estimate of drug-likeness (QED) is 0.0422. The molecule has 0 saturated heterocycles. The zero-order valence-electron chi connectivity index (χ0n) is 40.9. The molecule has 0 aromatic rings. The molecule has 0 aliphatic heterocycles. The molecule has 0 rings (SSSR count). The van der Waals surface area contributed by atoms with E-state index in [1.165, 1.54) is 205 Å². The number of amides is 1. The minimum atomic E-state index is -0.835. The van der Waals surface area contributed by atoms with Crippen LogP contribution in [0.2, 0.25) is 0 Å². The molecule has 0 radical (unpaired) electrons. The van der Waals surface area contributed by atoms with Crippen LogP contribution in [-0.4, -0.2) is 34.9 Å². The highest BCUT2D eigenvalue weighted by Gasteiger charge is 2.18. The minimum Gasteiger partial charge on any atom is -0.394 e. The van der Waals surface area contributed by atoms with Crippen molar-refractivity contribution in [2.75, 3.05) is 6.61 Å². The van der Waals surface area contributed by atoms with Gasteiger partial charge >= 0.3 is 0 Å². The predicted molar refractivity (Wildman–Crippen MR) is 271 cm³/mol.